The molecule has 0 aromatic carbocycles. The van der Waals surface area contributed by atoms with Crippen molar-refractivity contribution >= 4 is 17.7 Å². The lowest BCUT2D eigenvalue weighted by Gasteiger charge is -2.36. The lowest BCUT2D eigenvalue weighted by Crippen LogP contribution is -2.57. The Kier molecular flexibility index (Phi) is 9.74. The van der Waals surface area contributed by atoms with Crippen LogP contribution in [0, 0.1) is 11.8 Å². The van der Waals surface area contributed by atoms with E-state index in [1.807, 2.05) is 38.8 Å². The second kappa shape index (κ2) is 11.8. The van der Waals surface area contributed by atoms with Gasteiger partial charge in [-0.15, -0.1) is 0 Å². The van der Waals surface area contributed by atoms with Gasteiger partial charge in [0, 0.05) is 25.7 Å². The first-order valence-electron chi connectivity index (χ1n) is 12.3. The second-order valence-corrected chi connectivity index (χ2v) is 10.3. The number of hydrogen-bond donors (Lipinski definition) is 1. The minimum Gasteiger partial charge on any atom is -0.343 e. The van der Waals surface area contributed by atoms with Crippen molar-refractivity contribution in [3.63, 3.8) is 0 Å². The zero-order valence-corrected chi connectivity index (χ0v) is 21.2. The molecule has 182 valence electrons. The quantitative estimate of drug-likeness (QED) is 0.580. The largest absolute Gasteiger partial charge is 0.343 e. The number of rotatable bonds is 8. The Bertz CT molecular complexity index is 697. The molecule has 0 spiro atoms. The summed E-state index contributed by atoms with van der Waals surface area (Å²) in [6, 6.07) is -0.985. The molecule has 3 atom stereocenters. The summed E-state index contributed by atoms with van der Waals surface area (Å²) >= 11 is 0. The first-order valence-corrected chi connectivity index (χ1v) is 12.3. The molecule has 1 N–H and O–H groups in total. The van der Waals surface area contributed by atoms with Crippen molar-refractivity contribution in [2.75, 3.05) is 33.7 Å². The Labute approximate surface area is 194 Å². The van der Waals surface area contributed by atoms with E-state index in [1.54, 1.807) is 11.9 Å². The van der Waals surface area contributed by atoms with Crippen LogP contribution < -0.4 is 5.32 Å². The van der Waals surface area contributed by atoms with E-state index < -0.39 is 6.04 Å². The number of piperidine rings is 1. The van der Waals surface area contributed by atoms with Crippen molar-refractivity contribution in [2.24, 2.45) is 11.8 Å². The lowest BCUT2D eigenvalue weighted by molar-refractivity contribution is -0.139. The van der Waals surface area contributed by atoms with Crippen molar-refractivity contribution in [1.82, 2.24) is 20.0 Å². The standard InChI is InChI=1S/C25H44N4O3/c1-17(2)21(16-19(5)24(31)29-14-10-11-15-29)28(7)25(32)22(18(3)4)26-23(30)20-12-8-9-13-27(20)6/h16-18,20-22H,8-15H2,1-7H3,(H,26,30)/t20-,21-,22+/m1/s1. The average Bonchev–Trinajstić information content (AvgIpc) is 3.28. The topological polar surface area (TPSA) is 73.0 Å². The number of carbonyl (C=O) groups excluding carboxylic acids is 3. The summed E-state index contributed by atoms with van der Waals surface area (Å²) in [5.41, 5.74) is 0.680. The molecule has 2 saturated heterocycles. The second-order valence-electron chi connectivity index (χ2n) is 10.3. The molecule has 0 saturated carbocycles. The fraction of sp³-hybridized carbons (Fsp3) is 0.800. The predicted molar refractivity (Wildman–Crippen MR) is 128 cm³/mol. The monoisotopic (exact) mass is 448 g/mol. The maximum absolute atomic E-state index is 13.5. The van der Waals surface area contributed by atoms with Gasteiger partial charge in [-0.1, -0.05) is 40.2 Å². The molecule has 2 rings (SSSR count). The van der Waals surface area contributed by atoms with Crippen molar-refractivity contribution in [2.45, 2.75) is 84.8 Å². The molecule has 0 unspecified atom stereocenters. The molecule has 2 fully saturated rings. The number of likely N-dealkylation sites (tertiary alicyclic amines) is 2. The minimum absolute atomic E-state index is 0.0353. The van der Waals surface area contributed by atoms with E-state index in [2.05, 4.69) is 24.1 Å². The maximum atomic E-state index is 13.5. The Morgan fingerprint density at radius 3 is 2.09 bits per heavy atom. The van der Waals surface area contributed by atoms with Crippen LogP contribution in [-0.2, 0) is 14.4 Å². The molecule has 2 aliphatic rings. The normalized spacial score (nSPS) is 22.2. The van der Waals surface area contributed by atoms with Crippen LogP contribution in [0.15, 0.2) is 11.6 Å². The summed E-state index contributed by atoms with van der Waals surface area (Å²) in [5, 5.41) is 3.04. The fourth-order valence-corrected chi connectivity index (χ4v) is 4.78. The van der Waals surface area contributed by atoms with Gasteiger partial charge in [0.25, 0.3) is 0 Å². The van der Waals surface area contributed by atoms with Crippen molar-refractivity contribution < 1.29 is 14.4 Å². The number of amides is 3. The molecule has 0 radical (unpaired) electrons. The number of likely N-dealkylation sites (N-methyl/N-ethyl adjacent to an activating group) is 2. The van der Waals surface area contributed by atoms with E-state index in [-0.39, 0.29) is 41.6 Å². The highest BCUT2D eigenvalue weighted by molar-refractivity contribution is 5.93. The summed E-state index contributed by atoms with van der Waals surface area (Å²) in [5.74, 6) is -0.0129. The molecule has 2 aliphatic heterocycles. The van der Waals surface area contributed by atoms with Gasteiger partial charge in [0.1, 0.15) is 6.04 Å². The molecule has 0 aromatic rings. The van der Waals surface area contributed by atoms with Gasteiger partial charge in [0.05, 0.1) is 12.1 Å². The summed E-state index contributed by atoms with van der Waals surface area (Å²) in [7, 11) is 3.76. The van der Waals surface area contributed by atoms with Crippen LogP contribution in [0.4, 0.5) is 0 Å². The van der Waals surface area contributed by atoms with Gasteiger partial charge in [0.15, 0.2) is 0 Å². The van der Waals surface area contributed by atoms with Crippen LogP contribution in [0.25, 0.3) is 0 Å². The third-order valence-corrected chi connectivity index (χ3v) is 6.93. The average molecular weight is 449 g/mol. The van der Waals surface area contributed by atoms with Gasteiger partial charge in [-0.25, -0.2) is 0 Å². The smallest absolute Gasteiger partial charge is 0.249 e. The third-order valence-electron chi connectivity index (χ3n) is 6.93. The number of nitrogens with zero attached hydrogens (tertiary/aromatic N) is 3. The zero-order chi connectivity index (χ0) is 24.0. The zero-order valence-electron chi connectivity index (χ0n) is 21.2. The highest BCUT2D eigenvalue weighted by Gasteiger charge is 2.34. The first kappa shape index (κ1) is 26.4. The number of carbonyl (C=O) groups is 3. The summed E-state index contributed by atoms with van der Waals surface area (Å²) in [6.07, 6.45) is 7.00. The van der Waals surface area contributed by atoms with Crippen molar-refractivity contribution in [3.05, 3.63) is 11.6 Å². The SMILES string of the molecule is CC(=C[C@H](C(C)C)N(C)C(=O)[C@@H](NC(=O)[C@H]1CCCCN1C)C(C)C)C(=O)N1CCCC1. The third kappa shape index (κ3) is 6.56. The molecule has 2 heterocycles. The Balaban J connectivity index is 2.14. The molecule has 0 aliphatic carbocycles. The molecule has 0 aromatic heterocycles. The molecule has 0 bridgehead atoms. The van der Waals surface area contributed by atoms with Crippen LogP contribution in [0.5, 0.6) is 0 Å². The molecular weight excluding hydrogens is 404 g/mol. The van der Waals surface area contributed by atoms with Crippen molar-refractivity contribution in [1.29, 1.82) is 0 Å². The van der Waals surface area contributed by atoms with Crippen LogP contribution >= 0.6 is 0 Å². The number of nitrogens with one attached hydrogen (secondary N) is 1. The van der Waals surface area contributed by atoms with Crippen LogP contribution in [0.1, 0.15) is 66.7 Å². The number of hydrogen-bond acceptors (Lipinski definition) is 4. The van der Waals surface area contributed by atoms with Gasteiger partial charge >= 0.3 is 0 Å². The highest BCUT2D eigenvalue weighted by Crippen LogP contribution is 2.20. The predicted octanol–water partition coefficient (Wildman–Crippen LogP) is 2.66. The minimum atomic E-state index is -0.591. The van der Waals surface area contributed by atoms with Crippen LogP contribution in [-0.4, -0.2) is 84.3 Å². The molecule has 7 nitrogen and oxygen atoms in total. The van der Waals surface area contributed by atoms with E-state index in [4.69, 9.17) is 0 Å². The summed E-state index contributed by atoms with van der Waals surface area (Å²) < 4.78 is 0. The molecule has 7 heteroatoms. The van der Waals surface area contributed by atoms with E-state index in [9.17, 15) is 14.4 Å². The summed E-state index contributed by atoms with van der Waals surface area (Å²) in [6.45, 7) is 12.4. The van der Waals surface area contributed by atoms with Crippen LogP contribution in [0.2, 0.25) is 0 Å². The molecule has 32 heavy (non-hydrogen) atoms. The molecule has 3 amide bonds. The summed E-state index contributed by atoms with van der Waals surface area (Å²) in [4.78, 5) is 45.0. The van der Waals surface area contributed by atoms with E-state index in [0.717, 1.165) is 51.7 Å². The van der Waals surface area contributed by atoms with Gasteiger partial charge in [-0.2, -0.15) is 0 Å². The van der Waals surface area contributed by atoms with E-state index in [0.29, 0.717) is 5.57 Å². The Morgan fingerprint density at radius 2 is 1.56 bits per heavy atom. The first-order chi connectivity index (χ1) is 15.0. The van der Waals surface area contributed by atoms with Gasteiger partial charge in [-0.05, 0) is 58.0 Å². The molecular formula is C25H44N4O3. The van der Waals surface area contributed by atoms with E-state index in [1.165, 1.54) is 0 Å². The van der Waals surface area contributed by atoms with Gasteiger partial charge in [-0.3, -0.25) is 19.3 Å². The van der Waals surface area contributed by atoms with Gasteiger partial charge < -0.3 is 15.1 Å². The fourth-order valence-electron chi connectivity index (χ4n) is 4.78. The highest BCUT2D eigenvalue weighted by atomic mass is 16.2. The van der Waals surface area contributed by atoms with E-state index >= 15 is 0 Å². The van der Waals surface area contributed by atoms with Gasteiger partial charge in [0.2, 0.25) is 17.7 Å². The lowest BCUT2D eigenvalue weighted by atomic mass is 9.96. The van der Waals surface area contributed by atoms with Crippen molar-refractivity contribution in [3.8, 4) is 0 Å². The maximum Gasteiger partial charge on any atom is 0.249 e. The van der Waals surface area contributed by atoms with Crippen LogP contribution in [0.3, 0.4) is 0 Å². The Morgan fingerprint density at radius 1 is 0.969 bits per heavy atom. The Hall–Kier alpha value is -1.89.